The summed E-state index contributed by atoms with van der Waals surface area (Å²) in [5.41, 5.74) is 0.685. The van der Waals surface area contributed by atoms with E-state index in [0.717, 1.165) is 6.07 Å². The van der Waals surface area contributed by atoms with E-state index in [9.17, 15) is 17.9 Å². The zero-order chi connectivity index (χ0) is 14.0. The first-order chi connectivity index (χ1) is 8.84. The first-order valence-electron chi connectivity index (χ1n) is 6.00. The average molecular weight is 288 g/mol. The number of piperazine rings is 1. The number of rotatable bonds is 3. The van der Waals surface area contributed by atoms with E-state index in [1.165, 1.54) is 22.7 Å². The van der Waals surface area contributed by atoms with Gasteiger partial charge in [-0.3, -0.25) is 4.90 Å². The normalized spacial score (nSPS) is 18.6. The topological polar surface area (TPSA) is 60.9 Å². The van der Waals surface area contributed by atoms with Crippen LogP contribution < -0.4 is 0 Å². The Morgan fingerprint density at radius 3 is 2.37 bits per heavy atom. The lowest BCUT2D eigenvalue weighted by Gasteiger charge is -2.33. The predicted octanol–water partition coefficient (Wildman–Crippen LogP) is 0.609. The molecule has 1 aromatic carbocycles. The van der Waals surface area contributed by atoms with Gasteiger partial charge < -0.3 is 5.11 Å². The minimum Gasteiger partial charge on any atom is -0.508 e. The molecular formula is C12H17FN2O3S. The van der Waals surface area contributed by atoms with E-state index in [0.29, 0.717) is 38.3 Å². The Kier molecular flexibility index (Phi) is 4.07. The molecule has 1 N–H and O–H groups in total. The molecule has 0 bridgehead atoms. The van der Waals surface area contributed by atoms with E-state index >= 15 is 0 Å². The zero-order valence-corrected chi connectivity index (χ0v) is 11.5. The molecule has 0 spiro atoms. The molecule has 1 saturated heterocycles. The summed E-state index contributed by atoms with van der Waals surface area (Å²) in [6.07, 6.45) is 1.20. The van der Waals surface area contributed by atoms with Crippen molar-refractivity contribution in [1.29, 1.82) is 0 Å². The van der Waals surface area contributed by atoms with Crippen LogP contribution in [0.5, 0.6) is 5.75 Å². The summed E-state index contributed by atoms with van der Waals surface area (Å²) in [4.78, 5) is 2.04. The smallest absolute Gasteiger partial charge is 0.211 e. The highest BCUT2D eigenvalue weighted by Crippen LogP contribution is 2.17. The third-order valence-corrected chi connectivity index (χ3v) is 4.45. The summed E-state index contributed by atoms with van der Waals surface area (Å²) < 4.78 is 37.3. The third kappa shape index (κ3) is 3.89. The number of sulfonamides is 1. The Bertz CT molecular complexity index is 534. The maximum absolute atomic E-state index is 13.1. The largest absolute Gasteiger partial charge is 0.508 e. The van der Waals surface area contributed by atoms with Crippen LogP contribution in [-0.2, 0) is 16.6 Å². The van der Waals surface area contributed by atoms with Crippen molar-refractivity contribution >= 4 is 10.0 Å². The quantitative estimate of drug-likeness (QED) is 0.885. The highest BCUT2D eigenvalue weighted by molar-refractivity contribution is 7.88. The SMILES string of the molecule is CS(=O)(=O)N1CCN(Cc2cc(O)cc(F)c2)CC1. The average Bonchev–Trinajstić information content (AvgIpc) is 2.26. The van der Waals surface area contributed by atoms with Crippen molar-refractivity contribution in [2.45, 2.75) is 6.54 Å². The molecule has 0 unspecified atom stereocenters. The lowest BCUT2D eigenvalue weighted by molar-refractivity contribution is 0.182. The summed E-state index contributed by atoms with van der Waals surface area (Å²) in [6, 6.07) is 3.96. The number of hydrogen-bond donors (Lipinski definition) is 1. The van der Waals surface area contributed by atoms with E-state index in [4.69, 9.17) is 0 Å². The maximum atomic E-state index is 13.1. The molecule has 1 fully saturated rings. The second-order valence-electron chi connectivity index (χ2n) is 4.76. The number of aromatic hydroxyl groups is 1. The van der Waals surface area contributed by atoms with Crippen molar-refractivity contribution < 1.29 is 17.9 Å². The fraction of sp³-hybridized carbons (Fsp3) is 0.500. The zero-order valence-electron chi connectivity index (χ0n) is 10.7. The Hall–Kier alpha value is -1.18. The summed E-state index contributed by atoms with van der Waals surface area (Å²) in [6.45, 7) is 2.60. The third-order valence-electron chi connectivity index (χ3n) is 3.15. The van der Waals surface area contributed by atoms with Crippen molar-refractivity contribution in [2.24, 2.45) is 0 Å². The van der Waals surface area contributed by atoms with Crippen molar-refractivity contribution in [2.75, 3.05) is 32.4 Å². The molecule has 1 aliphatic rings. The van der Waals surface area contributed by atoms with Crippen LogP contribution in [0.2, 0.25) is 0 Å². The fourth-order valence-electron chi connectivity index (χ4n) is 2.20. The second kappa shape index (κ2) is 5.44. The Labute approximate surface area is 112 Å². The molecule has 106 valence electrons. The van der Waals surface area contributed by atoms with E-state index in [2.05, 4.69) is 0 Å². The van der Waals surface area contributed by atoms with E-state index in [1.807, 2.05) is 4.90 Å². The minimum atomic E-state index is -3.13. The molecule has 0 aromatic heterocycles. The Morgan fingerprint density at radius 1 is 1.21 bits per heavy atom. The van der Waals surface area contributed by atoms with Crippen LogP contribution >= 0.6 is 0 Å². The minimum absolute atomic E-state index is 0.0928. The molecule has 19 heavy (non-hydrogen) atoms. The number of phenols is 1. The van der Waals surface area contributed by atoms with E-state index in [1.54, 1.807) is 0 Å². The van der Waals surface area contributed by atoms with E-state index < -0.39 is 15.8 Å². The van der Waals surface area contributed by atoms with Gasteiger partial charge in [0.05, 0.1) is 6.26 Å². The van der Waals surface area contributed by atoms with Gasteiger partial charge in [0.2, 0.25) is 10.0 Å². The van der Waals surface area contributed by atoms with Crippen LogP contribution in [0.25, 0.3) is 0 Å². The number of benzene rings is 1. The first kappa shape index (κ1) is 14.2. The summed E-state index contributed by atoms with van der Waals surface area (Å²) in [5.74, 6) is -0.561. The fourth-order valence-corrected chi connectivity index (χ4v) is 3.03. The Balaban J connectivity index is 1.96. The van der Waals surface area contributed by atoms with Crippen LogP contribution in [0, 0.1) is 5.82 Å². The molecule has 0 saturated carbocycles. The van der Waals surface area contributed by atoms with Gasteiger partial charge in [-0.2, -0.15) is 4.31 Å². The predicted molar refractivity (Wildman–Crippen MR) is 69.8 cm³/mol. The Morgan fingerprint density at radius 2 is 1.84 bits per heavy atom. The molecule has 7 heteroatoms. The molecule has 1 aliphatic heterocycles. The maximum Gasteiger partial charge on any atom is 0.211 e. The molecule has 5 nitrogen and oxygen atoms in total. The van der Waals surface area contributed by atoms with Gasteiger partial charge in [-0.1, -0.05) is 0 Å². The second-order valence-corrected chi connectivity index (χ2v) is 6.74. The van der Waals surface area contributed by atoms with Gasteiger partial charge in [0.25, 0.3) is 0 Å². The molecule has 0 aliphatic carbocycles. The van der Waals surface area contributed by atoms with E-state index in [-0.39, 0.29) is 5.75 Å². The summed E-state index contributed by atoms with van der Waals surface area (Å²) in [5, 5.41) is 9.33. The van der Waals surface area contributed by atoms with Crippen LogP contribution in [0.4, 0.5) is 4.39 Å². The molecule has 1 heterocycles. The van der Waals surface area contributed by atoms with Crippen LogP contribution in [0.1, 0.15) is 5.56 Å². The van der Waals surface area contributed by atoms with Crippen molar-refractivity contribution in [1.82, 2.24) is 9.21 Å². The van der Waals surface area contributed by atoms with Gasteiger partial charge >= 0.3 is 0 Å². The van der Waals surface area contributed by atoms with Gasteiger partial charge in [-0.25, -0.2) is 12.8 Å². The van der Waals surface area contributed by atoms with Gasteiger partial charge in [-0.05, 0) is 17.7 Å². The van der Waals surface area contributed by atoms with Crippen LogP contribution in [0.3, 0.4) is 0 Å². The standard InChI is InChI=1S/C12H17FN2O3S/c1-19(17,18)15-4-2-14(3-5-15)9-10-6-11(13)8-12(16)7-10/h6-8,16H,2-5,9H2,1H3. The van der Waals surface area contributed by atoms with Gasteiger partial charge in [0.1, 0.15) is 11.6 Å². The first-order valence-corrected chi connectivity index (χ1v) is 7.85. The molecule has 0 radical (unpaired) electrons. The van der Waals surface area contributed by atoms with Crippen molar-refractivity contribution in [3.05, 3.63) is 29.6 Å². The molecule has 1 aromatic rings. The summed E-state index contributed by atoms with van der Waals surface area (Å²) >= 11 is 0. The van der Waals surface area contributed by atoms with Crippen LogP contribution in [0.15, 0.2) is 18.2 Å². The molecule has 0 amide bonds. The number of halogens is 1. The number of hydrogen-bond acceptors (Lipinski definition) is 4. The van der Waals surface area contributed by atoms with Crippen LogP contribution in [-0.4, -0.2) is 55.2 Å². The monoisotopic (exact) mass is 288 g/mol. The lowest BCUT2D eigenvalue weighted by atomic mass is 10.2. The van der Waals surface area contributed by atoms with Gasteiger partial charge in [0, 0.05) is 38.8 Å². The van der Waals surface area contributed by atoms with Crippen molar-refractivity contribution in [3.63, 3.8) is 0 Å². The number of nitrogens with zero attached hydrogens (tertiary/aromatic N) is 2. The lowest BCUT2D eigenvalue weighted by Crippen LogP contribution is -2.47. The number of phenolic OH excluding ortho intramolecular Hbond substituents is 1. The molecule has 2 rings (SSSR count). The molecular weight excluding hydrogens is 271 g/mol. The van der Waals surface area contributed by atoms with Gasteiger partial charge in [-0.15, -0.1) is 0 Å². The highest BCUT2D eigenvalue weighted by atomic mass is 32.2. The van der Waals surface area contributed by atoms with Gasteiger partial charge in [0.15, 0.2) is 0 Å². The highest BCUT2D eigenvalue weighted by Gasteiger charge is 2.23. The van der Waals surface area contributed by atoms with Crippen molar-refractivity contribution in [3.8, 4) is 5.75 Å². The summed E-state index contributed by atoms with van der Waals surface area (Å²) in [7, 11) is -3.13. The molecule has 0 atom stereocenters.